The molecule has 0 saturated carbocycles. The fourth-order valence-electron chi connectivity index (χ4n) is 3.13. The Balaban J connectivity index is 1.54. The van der Waals surface area contributed by atoms with E-state index in [-0.39, 0.29) is 23.1 Å². The number of alkyl halides is 5. The minimum absolute atomic E-state index is 0.0474. The van der Waals surface area contributed by atoms with Crippen molar-refractivity contribution in [2.45, 2.75) is 32.2 Å². The van der Waals surface area contributed by atoms with Crippen molar-refractivity contribution < 1.29 is 41.1 Å². The fourth-order valence-corrected chi connectivity index (χ4v) is 3.13. The number of aliphatic hydroxyl groups is 1. The molecule has 0 aliphatic carbocycles. The lowest BCUT2D eigenvalue weighted by molar-refractivity contribution is -0.274. The molecule has 0 radical (unpaired) electrons. The molecule has 4 rings (SSSR count). The van der Waals surface area contributed by atoms with E-state index in [1.54, 1.807) is 19.1 Å². The van der Waals surface area contributed by atoms with Crippen LogP contribution in [0.25, 0.3) is 17.0 Å². The highest BCUT2D eigenvalue weighted by Crippen LogP contribution is 2.26. The van der Waals surface area contributed by atoms with E-state index in [0.717, 1.165) is 12.1 Å². The number of carbonyl (C=O) groups excluding carboxylic acids is 1. The normalized spacial score (nSPS) is 12.8. The largest absolute Gasteiger partial charge is 0.573 e. The molecule has 0 aliphatic heterocycles. The van der Waals surface area contributed by atoms with Crippen LogP contribution in [0.1, 0.15) is 21.9 Å². The van der Waals surface area contributed by atoms with E-state index in [9.17, 15) is 31.9 Å². The molecule has 1 aromatic carbocycles. The first-order valence-electron chi connectivity index (χ1n) is 9.94. The van der Waals surface area contributed by atoms with Gasteiger partial charge in [0.25, 0.3) is 12.3 Å². The second-order valence-electron chi connectivity index (χ2n) is 7.38. The summed E-state index contributed by atoms with van der Waals surface area (Å²) in [4.78, 5) is 20.8. The Bertz CT molecular complexity index is 1370. The Morgan fingerprint density at radius 2 is 2.03 bits per heavy atom. The lowest BCUT2D eigenvalue weighted by atomic mass is 10.1. The van der Waals surface area contributed by atoms with Gasteiger partial charge in [0.15, 0.2) is 0 Å². The van der Waals surface area contributed by atoms with Crippen LogP contribution < -0.4 is 10.1 Å². The average molecular weight is 497 g/mol. The maximum Gasteiger partial charge on any atom is 0.573 e. The third-order valence-corrected chi connectivity index (χ3v) is 4.84. The van der Waals surface area contributed by atoms with Crippen molar-refractivity contribution in [2.75, 3.05) is 5.32 Å². The summed E-state index contributed by atoms with van der Waals surface area (Å²) in [5.41, 5.74) is 1.53. The van der Waals surface area contributed by atoms with Crippen LogP contribution in [-0.4, -0.2) is 49.4 Å². The molecule has 4 aromatic rings. The highest BCUT2D eigenvalue weighted by molar-refractivity contribution is 6.04. The first-order chi connectivity index (χ1) is 16.5. The van der Waals surface area contributed by atoms with Crippen LogP contribution in [0.15, 0.2) is 47.2 Å². The van der Waals surface area contributed by atoms with Gasteiger partial charge in [-0.3, -0.25) is 9.20 Å². The van der Waals surface area contributed by atoms with Crippen LogP contribution in [0.2, 0.25) is 0 Å². The second kappa shape index (κ2) is 9.29. The number of aryl methyl sites for hydroxylation is 1. The number of imidazole rings is 1. The van der Waals surface area contributed by atoms with Gasteiger partial charge in [0, 0.05) is 23.5 Å². The quantitative estimate of drug-likeness (QED) is 0.371. The van der Waals surface area contributed by atoms with Gasteiger partial charge in [0.05, 0.1) is 12.6 Å². The third kappa shape index (κ3) is 5.54. The number of halogens is 5. The Kier molecular flexibility index (Phi) is 6.39. The summed E-state index contributed by atoms with van der Waals surface area (Å²) in [6.45, 7) is 1.72. The zero-order valence-corrected chi connectivity index (χ0v) is 17.8. The number of hydrogen-bond donors (Lipinski definition) is 2. The molecule has 2 N–H and O–H groups in total. The molecular formula is C21H16F5N5O4. The fraction of sp³-hybridized carbons (Fsp3) is 0.238. The summed E-state index contributed by atoms with van der Waals surface area (Å²) in [6, 6.07) is 6.90. The molecule has 0 aliphatic rings. The predicted octanol–water partition coefficient (Wildman–Crippen LogP) is 4.01. The zero-order chi connectivity index (χ0) is 25.3. The van der Waals surface area contributed by atoms with Gasteiger partial charge < -0.3 is 19.7 Å². The molecule has 184 valence electrons. The summed E-state index contributed by atoms with van der Waals surface area (Å²) < 4.78 is 72.4. The number of fused-ring (bicyclic) bond motifs is 1. The molecule has 0 fully saturated rings. The smallest absolute Gasteiger partial charge is 0.406 e. The molecule has 9 nitrogen and oxygen atoms in total. The third-order valence-electron chi connectivity index (χ3n) is 4.84. The van der Waals surface area contributed by atoms with Gasteiger partial charge in [0.2, 0.25) is 11.7 Å². The number of carbonyl (C=O) groups is 1. The summed E-state index contributed by atoms with van der Waals surface area (Å²) in [5, 5.41) is 15.7. The molecule has 1 atom stereocenters. The number of rotatable bonds is 7. The highest BCUT2D eigenvalue weighted by atomic mass is 19.4. The van der Waals surface area contributed by atoms with E-state index in [4.69, 9.17) is 4.52 Å². The van der Waals surface area contributed by atoms with Crippen molar-refractivity contribution >= 4 is 17.2 Å². The van der Waals surface area contributed by atoms with Crippen molar-refractivity contribution in [3.63, 3.8) is 0 Å². The van der Waals surface area contributed by atoms with Gasteiger partial charge >= 0.3 is 6.36 Å². The molecule has 0 saturated heterocycles. The van der Waals surface area contributed by atoms with Gasteiger partial charge in [-0.15, -0.1) is 13.2 Å². The maximum absolute atomic E-state index is 12.9. The lowest BCUT2D eigenvalue weighted by Gasteiger charge is -2.10. The summed E-state index contributed by atoms with van der Waals surface area (Å²) >= 11 is 0. The van der Waals surface area contributed by atoms with Crippen LogP contribution in [0, 0.1) is 6.92 Å². The SMILES string of the molecule is Cc1ccc(-c2noc(C[C@H](O)C(F)F)n2)cc1NC(=O)c1cnc2cc(OC(F)(F)F)ccn12. The Labute approximate surface area is 193 Å². The van der Waals surface area contributed by atoms with E-state index < -0.39 is 37.0 Å². The molecule has 1 amide bonds. The molecule has 3 heterocycles. The number of anilines is 1. The van der Waals surface area contributed by atoms with Crippen molar-refractivity contribution in [3.8, 4) is 17.1 Å². The van der Waals surface area contributed by atoms with Gasteiger partial charge in [-0.1, -0.05) is 17.3 Å². The first kappa shape index (κ1) is 24.1. The minimum Gasteiger partial charge on any atom is -0.406 e. The standard InChI is InChI=1S/C21H16F5N5O4/c1-10-2-3-11(19-29-17(35-30-19)8-15(32)18(22)23)6-13(10)28-20(33)14-9-27-16-7-12(4-5-31(14)16)34-21(24,25)26/h2-7,9,15,18,32H,8H2,1H3,(H,28,33)/t15-/m0/s1. The van der Waals surface area contributed by atoms with Gasteiger partial charge in [-0.2, -0.15) is 4.98 Å². The Morgan fingerprint density at radius 3 is 2.74 bits per heavy atom. The van der Waals surface area contributed by atoms with Crippen LogP contribution in [0.4, 0.5) is 27.6 Å². The lowest BCUT2D eigenvalue weighted by Crippen LogP contribution is -2.20. The minimum atomic E-state index is -4.87. The molecule has 35 heavy (non-hydrogen) atoms. The number of nitrogens with one attached hydrogen (secondary N) is 1. The number of nitrogens with zero attached hydrogens (tertiary/aromatic N) is 4. The molecule has 14 heteroatoms. The highest BCUT2D eigenvalue weighted by Gasteiger charge is 2.31. The Morgan fingerprint density at radius 1 is 1.26 bits per heavy atom. The number of ether oxygens (including phenoxy) is 1. The van der Waals surface area contributed by atoms with E-state index in [1.165, 1.54) is 22.9 Å². The molecule has 0 bridgehead atoms. The molecule has 0 spiro atoms. The number of benzene rings is 1. The Hall–Kier alpha value is -4.07. The van der Waals surface area contributed by atoms with Crippen molar-refractivity contribution in [1.82, 2.24) is 19.5 Å². The summed E-state index contributed by atoms with van der Waals surface area (Å²) in [7, 11) is 0. The van der Waals surface area contributed by atoms with Gasteiger partial charge in [-0.05, 0) is 24.6 Å². The number of pyridine rings is 1. The van der Waals surface area contributed by atoms with Gasteiger partial charge in [-0.25, -0.2) is 13.8 Å². The monoisotopic (exact) mass is 497 g/mol. The number of hydrogen-bond acceptors (Lipinski definition) is 7. The van der Waals surface area contributed by atoms with E-state index >= 15 is 0 Å². The molecule has 0 unspecified atom stereocenters. The van der Waals surface area contributed by atoms with E-state index in [1.807, 2.05) is 0 Å². The molecule has 3 aromatic heterocycles. The van der Waals surface area contributed by atoms with Crippen LogP contribution in [0.3, 0.4) is 0 Å². The van der Waals surface area contributed by atoms with Crippen LogP contribution >= 0.6 is 0 Å². The van der Waals surface area contributed by atoms with Crippen LogP contribution in [-0.2, 0) is 6.42 Å². The van der Waals surface area contributed by atoms with E-state index in [2.05, 4.69) is 25.2 Å². The second-order valence-corrected chi connectivity index (χ2v) is 7.38. The van der Waals surface area contributed by atoms with Crippen molar-refractivity contribution in [1.29, 1.82) is 0 Å². The average Bonchev–Trinajstić information content (AvgIpc) is 3.41. The molecular weight excluding hydrogens is 481 g/mol. The summed E-state index contributed by atoms with van der Waals surface area (Å²) in [5.74, 6) is -1.20. The summed E-state index contributed by atoms with van der Waals surface area (Å²) in [6.07, 6.45) is -7.88. The topological polar surface area (TPSA) is 115 Å². The first-order valence-corrected chi connectivity index (χ1v) is 9.94. The predicted molar refractivity (Wildman–Crippen MR) is 110 cm³/mol. The number of aromatic nitrogens is 4. The van der Waals surface area contributed by atoms with Crippen LogP contribution in [0.5, 0.6) is 5.75 Å². The number of aliphatic hydroxyl groups excluding tert-OH is 1. The number of amides is 1. The van der Waals surface area contributed by atoms with Crippen molar-refractivity contribution in [2.24, 2.45) is 0 Å². The van der Waals surface area contributed by atoms with E-state index in [0.29, 0.717) is 16.8 Å². The maximum atomic E-state index is 12.9. The van der Waals surface area contributed by atoms with Gasteiger partial charge in [0.1, 0.15) is 23.2 Å². The van der Waals surface area contributed by atoms with Crippen molar-refractivity contribution in [3.05, 3.63) is 59.9 Å². The zero-order valence-electron chi connectivity index (χ0n) is 17.8.